The zero-order valence-corrected chi connectivity index (χ0v) is 26.6. The van der Waals surface area contributed by atoms with Crippen LogP contribution in [-0.2, 0) is 19.1 Å². The summed E-state index contributed by atoms with van der Waals surface area (Å²) in [5.74, 6) is 0.00434. The minimum atomic E-state index is 0.00217. The van der Waals surface area contributed by atoms with Gasteiger partial charge < -0.3 is 9.47 Å². The number of esters is 2. The van der Waals surface area contributed by atoms with Gasteiger partial charge in [-0.1, -0.05) is 162 Å². The number of hydrogen-bond donors (Lipinski definition) is 0. The molecule has 0 aliphatic heterocycles. The molecule has 232 valence electrons. The van der Waals surface area contributed by atoms with Crippen LogP contribution in [0.4, 0.5) is 0 Å². The van der Waals surface area contributed by atoms with Crippen LogP contribution in [0.2, 0.25) is 0 Å². The summed E-state index contributed by atoms with van der Waals surface area (Å²) in [5.41, 5.74) is 0. The van der Waals surface area contributed by atoms with E-state index in [0.29, 0.717) is 26.1 Å². The van der Waals surface area contributed by atoms with Crippen molar-refractivity contribution in [2.75, 3.05) is 13.2 Å². The molecule has 0 radical (unpaired) electrons. The molecule has 0 N–H and O–H groups in total. The maximum Gasteiger partial charge on any atom is 0.305 e. The molecular formula is C35H68O4. The van der Waals surface area contributed by atoms with Gasteiger partial charge in [-0.25, -0.2) is 0 Å². The maximum absolute atomic E-state index is 11.8. The number of ether oxygens (including phenoxy) is 2. The minimum Gasteiger partial charge on any atom is -0.466 e. The SMILES string of the molecule is CCCCCCCCOC(=O)CCCCCCCCCCCCCCCCCC(=O)OCCCCCCCC. The average Bonchev–Trinajstić information content (AvgIpc) is 2.93. The summed E-state index contributed by atoms with van der Waals surface area (Å²) < 4.78 is 10.7. The highest BCUT2D eigenvalue weighted by molar-refractivity contribution is 5.69. The van der Waals surface area contributed by atoms with E-state index in [9.17, 15) is 9.59 Å². The predicted molar refractivity (Wildman–Crippen MR) is 167 cm³/mol. The van der Waals surface area contributed by atoms with Gasteiger partial charge in [0.25, 0.3) is 0 Å². The first-order valence-electron chi connectivity index (χ1n) is 17.5. The fraction of sp³-hybridized carbons (Fsp3) is 0.943. The second-order valence-corrected chi connectivity index (χ2v) is 11.8. The molecule has 0 aliphatic rings. The van der Waals surface area contributed by atoms with Crippen LogP contribution in [0.5, 0.6) is 0 Å². The number of hydrogen-bond acceptors (Lipinski definition) is 4. The monoisotopic (exact) mass is 553 g/mol. The molecule has 0 rings (SSSR count). The van der Waals surface area contributed by atoms with Crippen molar-refractivity contribution in [3.63, 3.8) is 0 Å². The van der Waals surface area contributed by atoms with E-state index in [2.05, 4.69) is 13.8 Å². The van der Waals surface area contributed by atoms with E-state index < -0.39 is 0 Å². The first kappa shape index (κ1) is 37.9. The molecule has 0 saturated carbocycles. The lowest BCUT2D eigenvalue weighted by molar-refractivity contribution is -0.144. The predicted octanol–water partition coefficient (Wildman–Crippen LogP) is 11.4. The Morgan fingerprint density at radius 2 is 0.564 bits per heavy atom. The quantitative estimate of drug-likeness (QED) is 0.0615. The molecule has 39 heavy (non-hydrogen) atoms. The molecule has 0 bridgehead atoms. The first-order chi connectivity index (χ1) is 19.2. The largest absolute Gasteiger partial charge is 0.466 e. The minimum absolute atomic E-state index is 0.00217. The van der Waals surface area contributed by atoms with Gasteiger partial charge in [0.15, 0.2) is 0 Å². The Kier molecular flexibility index (Phi) is 32.2. The van der Waals surface area contributed by atoms with E-state index in [1.54, 1.807) is 0 Å². The third kappa shape index (κ3) is 33.0. The molecule has 0 aromatic rings. The van der Waals surface area contributed by atoms with E-state index in [-0.39, 0.29) is 11.9 Å². The number of carbonyl (C=O) groups is 2. The fourth-order valence-corrected chi connectivity index (χ4v) is 5.12. The summed E-state index contributed by atoms with van der Waals surface area (Å²) in [4.78, 5) is 23.6. The molecule has 0 amide bonds. The van der Waals surface area contributed by atoms with Crippen LogP contribution in [0.1, 0.15) is 200 Å². The van der Waals surface area contributed by atoms with Gasteiger partial charge in [0.05, 0.1) is 13.2 Å². The van der Waals surface area contributed by atoms with Gasteiger partial charge >= 0.3 is 11.9 Å². The van der Waals surface area contributed by atoms with E-state index in [4.69, 9.17) is 9.47 Å². The van der Waals surface area contributed by atoms with Gasteiger partial charge in [-0.15, -0.1) is 0 Å². The van der Waals surface area contributed by atoms with Gasteiger partial charge in [-0.2, -0.15) is 0 Å². The Labute approximate surface area is 244 Å². The summed E-state index contributed by atoms with van der Waals surface area (Å²) in [6, 6.07) is 0. The second-order valence-electron chi connectivity index (χ2n) is 11.8. The second kappa shape index (κ2) is 33.1. The van der Waals surface area contributed by atoms with E-state index in [1.165, 1.54) is 135 Å². The van der Waals surface area contributed by atoms with Gasteiger partial charge in [0.1, 0.15) is 0 Å². The third-order valence-electron chi connectivity index (χ3n) is 7.78. The van der Waals surface area contributed by atoms with Crippen LogP contribution >= 0.6 is 0 Å². The topological polar surface area (TPSA) is 52.6 Å². The number of rotatable bonds is 32. The van der Waals surface area contributed by atoms with Gasteiger partial charge in [0, 0.05) is 12.8 Å². The summed E-state index contributed by atoms with van der Waals surface area (Å²) in [7, 11) is 0. The van der Waals surface area contributed by atoms with Crippen molar-refractivity contribution >= 4 is 11.9 Å². The van der Waals surface area contributed by atoms with Crippen LogP contribution in [0.15, 0.2) is 0 Å². The molecule has 4 nitrogen and oxygen atoms in total. The smallest absolute Gasteiger partial charge is 0.305 e. The zero-order chi connectivity index (χ0) is 28.5. The lowest BCUT2D eigenvalue weighted by atomic mass is 10.0. The average molecular weight is 553 g/mol. The molecule has 0 unspecified atom stereocenters. The lowest BCUT2D eigenvalue weighted by Crippen LogP contribution is -2.05. The van der Waals surface area contributed by atoms with Crippen LogP contribution in [0.3, 0.4) is 0 Å². The summed E-state index contributed by atoms with van der Waals surface area (Å²) in [6.07, 6.45) is 34.9. The fourth-order valence-electron chi connectivity index (χ4n) is 5.12. The lowest BCUT2D eigenvalue weighted by Gasteiger charge is -2.06. The molecular weight excluding hydrogens is 484 g/mol. The van der Waals surface area contributed by atoms with Gasteiger partial charge in [0.2, 0.25) is 0 Å². The van der Waals surface area contributed by atoms with Crippen molar-refractivity contribution in [2.45, 2.75) is 200 Å². The first-order valence-corrected chi connectivity index (χ1v) is 17.5. The van der Waals surface area contributed by atoms with Crippen LogP contribution < -0.4 is 0 Å². The van der Waals surface area contributed by atoms with Crippen LogP contribution in [0, 0.1) is 0 Å². The van der Waals surface area contributed by atoms with Crippen molar-refractivity contribution in [1.82, 2.24) is 0 Å². The summed E-state index contributed by atoms with van der Waals surface area (Å²) in [5, 5.41) is 0. The molecule has 0 spiro atoms. The van der Waals surface area contributed by atoms with E-state index in [0.717, 1.165) is 38.5 Å². The van der Waals surface area contributed by atoms with Crippen LogP contribution in [-0.4, -0.2) is 25.2 Å². The summed E-state index contributed by atoms with van der Waals surface area (Å²) >= 11 is 0. The van der Waals surface area contributed by atoms with Crippen molar-refractivity contribution < 1.29 is 19.1 Å². The number of unbranched alkanes of at least 4 members (excludes halogenated alkanes) is 24. The molecule has 0 aliphatic carbocycles. The maximum atomic E-state index is 11.8. The normalized spacial score (nSPS) is 11.1. The molecule has 0 saturated heterocycles. The zero-order valence-electron chi connectivity index (χ0n) is 26.6. The highest BCUT2D eigenvalue weighted by Crippen LogP contribution is 2.15. The van der Waals surface area contributed by atoms with Crippen molar-refractivity contribution in [1.29, 1.82) is 0 Å². The highest BCUT2D eigenvalue weighted by atomic mass is 16.5. The van der Waals surface area contributed by atoms with Crippen molar-refractivity contribution in [2.24, 2.45) is 0 Å². The molecule has 0 atom stereocenters. The van der Waals surface area contributed by atoms with E-state index in [1.807, 2.05) is 0 Å². The Hall–Kier alpha value is -1.06. The molecule has 4 heteroatoms. The van der Waals surface area contributed by atoms with Crippen molar-refractivity contribution in [3.05, 3.63) is 0 Å². The Morgan fingerprint density at radius 3 is 0.846 bits per heavy atom. The van der Waals surface area contributed by atoms with Gasteiger partial charge in [-0.05, 0) is 25.7 Å². The Bertz CT molecular complexity index is 461. The molecule has 0 heterocycles. The molecule has 0 aromatic carbocycles. The van der Waals surface area contributed by atoms with Gasteiger partial charge in [-0.3, -0.25) is 9.59 Å². The van der Waals surface area contributed by atoms with E-state index >= 15 is 0 Å². The van der Waals surface area contributed by atoms with Crippen LogP contribution in [0.25, 0.3) is 0 Å². The highest BCUT2D eigenvalue weighted by Gasteiger charge is 2.04. The Morgan fingerprint density at radius 1 is 0.333 bits per heavy atom. The van der Waals surface area contributed by atoms with Crippen molar-refractivity contribution in [3.8, 4) is 0 Å². The molecule has 0 aromatic heterocycles. The standard InChI is InChI=1S/C35H68O4/c1-3-5-7-9-24-28-32-38-34(36)30-26-22-20-18-16-14-12-11-13-15-17-19-21-23-27-31-35(37)39-33-29-25-10-8-6-4-2/h3-33H2,1-2H3. The molecule has 0 fully saturated rings. The third-order valence-corrected chi connectivity index (χ3v) is 7.78. The summed E-state index contributed by atoms with van der Waals surface area (Å²) in [6.45, 7) is 5.69. The Balaban J connectivity index is 3.18. The number of carbonyl (C=O) groups excluding carboxylic acids is 2.